The van der Waals surface area contributed by atoms with Gasteiger partial charge in [-0.2, -0.15) is 0 Å². The van der Waals surface area contributed by atoms with Gasteiger partial charge in [0, 0.05) is 30.5 Å². The lowest BCUT2D eigenvalue weighted by Gasteiger charge is -2.13. The third-order valence-corrected chi connectivity index (χ3v) is 6.09. The van der Waals surface area contributed by atoms with E-state index in [4.69, 9.17) is 18.9 Å². The summed E-state index contributed by atoms with van der Waals surface area (Å²) in [4.78, 5) is 13.1. The number of rotatable bonds is 8. The molecule has 1 aliphatic rings. The van der Waals surface area contributed by atoms with Crippen LogP contribution in [0.4, 0.5) is 11.5 Å². The smallest absolute Gasteiger partial charge is 0.297 e. The highest BCUT2D eigenvalue weighted by Gasteiger charge is 2.15. The maximum Gasteiger partial charge on any atom is 0.297 e. The largest absolute Gasteiger partial charge is 0.493 e. The first-order valence-corrected chi connectivity index (χ1v) is 11.6. The second kappa shape index (κ2) is 10.5. The second-order valence-corrected chi connectivity index (χ2v) is 8.14. The summed E-state index contributed by atoms with van der Waals surface area (Å²) in [5.74, 6) is 3.41. The zero-order valence-electron chi connectivity index (χ0n) is 18.8. The van der Waals surface area contributed by atoms with E-state index in [0.29, 0.717) is 59.4 Å². The summed E-state index contributed by atoms with van der Waals surface area (Å²) >= 11 is 1.44. The molecule has 1 N–H and O–H groups in total. The molecule has 174 valence electrons. The average molecular weight is 471 g/mol. The molecule has 3 aromatic rings. The van der Waals surface area contributed by atoms with E-state index in [0.717, 1.165) is 12.0 Å². The van der Waals surface area contributed by atoms with Gasteiger partial charge in [0.05, 0.1) is 27.4 Å². The average Bonchev–Trinajstić information content (AvgIpc) is 3.09. The molecule has 0 spiro atoms. The lowest BCUT2D eigenvalue weighted by molar-refractivity contribution is 0.297. The number of ether oxygens (including phenoxy) is 4. The third-order valence-electron chi connectivity index (χ3n) is 5.06. The first kappa shape index (κ1) is 22.8. The fraction of sp³-hybridized carbons (Fsp3) is 0.348. The molecule has 1 aromatic heterocycles. The van der Waals surface area contributed by atoms with Crippen LogP contribution in [-0.2, 0) is 12.3 Å². The standard InChI is InChI=1S/C23H26N4O5S/c1-4-27-22(28)21(24-16-7-9-18-20(13-16)32-11-5-10-31-18)25-26-23(27)33-14-15-6-8-17(29-2)19(12-15)30-3/h6-9,12-13H,4-5,10-11,14H2,1-3H3,(H,24,25). The fourth-order valence-corrected chi connectivity index (χ4v) is 4.31. The second-order valence-electron chi connectivity index (χ2n) is 7.20. The molecule has 0 saturated carbocycles. The van der Waals surface area contributed by atoms with Gasteiger partial charge < -0.3 is 24.3 Å². The van der Waals surface area contributed by atoms with Gasteiger partial charge in [0.1, 0.15) is 0 Å². The quantitative estimate of drug-likeness (QED) is 0.492. The topological polar surface area (TPSA) is 96.7 Å². The number of thioether (sulfide) groups is 1. The Bertz CT molecular complexity index is 1180. The van der Waals surface area contributed by atoms with Crippen molar-refractivity contribution in [2.45, 2.75) is 30.8 Å². The summed E-state index contributed by atoms with van der Waals surface area (Å²) in [7, 11) is 3.20. The molecule has 0 bridgehead atoms. The van der Waals surface area contributed by atoms with E-state index in [1.807, 2.05) is 37.3 Å². The molecule has 0 unspecified atom stereocenters. The Morgan fingerprint density at radius 3 is 2.58 bits per heavy atom. The predicted molar refractivity (Wildman–Crippen MR) is 126 cm³/mol. The molecule has 2 aromatic carbocycles. The molecule has 0 atom stereocenters. The maximum absolute atomic E-state index is 13.1. The van der Waals surface area contributed by atoms with Gasteiger partial charge in [0.15, 0.2) is 28.2 Å². The highest BCUT2D eigenvalue weighted by Crippen LogP contribution is 2.33. The third kappa shape index (κ3) is 5.16. The van der Waals surface area contributed by atoms with Crippen LogP contribution in [0.25, 0.3) is 0 Å². The number of fused-ring (bicyclic) bond motifs is 1. The summed E-state index contributed by atoms with van der Waals surface area (Å²) in [5.41, 5.74) is 1.46. The van der Waals surface area contributed by atoms with Crippen LogP contribution in [0.15, 0.2) is 46.3 Å². The van der Waals surface area contributed by atoms with Gasteiger partial charge in [-0.15, -0.1) is 10.2 Å². The molecule has 0 saturated heterocycles. The predicted octanol–water partition coefficient (Wildman–Crippen LogP) is 3.87. The molecule has 2 heterocycles. The fourth-order valence-electron chi connectivity index (χ4n) is 3.36. The number of nitrogens with zero attached hydrogens (tertiary/aromatic N) is 3. The van der Waals surface area contributed by atoms with Crippen molar-refractivity contribution in [3.05, 3.63) is 52.3 Å². The van der Waals surface area contributed by atoms with E-state index < -0.39 is 0 Å². The molecular formula is C23H26N4O5S. The van der Waals surface area contributed by atoms with E-state index in [-0.39, 0.29) is 11.4 Å². The minimum Gasteiger partial charge on any atom is -0.493 e. The normalized spacial score (nSPS) is 12.7. The Morgan fingerprint density at radius 1 is 1.03 bits per heavy atom. The van der Waals surface area contributed by atoms with Crippen LogP contribution in [0.1, 0.15) is 18.9 Å². The van der Waals surface area contributed by atoms with Gasteiger partial charge in [0.2, 0.25) is 5.82 Å². The first-order valence-electron chi connectivity index (χ1n) is 10.6. The van der Waals surface area contributed by atoms with Gasteiger partial charge in [0.25, 0.3) is 5.56 Å². The van der Waals surface area contributed by atoms with Gasteiger partial charge in [-0.3, -0.25) is 9.36 Å². The van der Waals surface area contributed by atoms with Crippen molar-refractivity contribution in [1.29, 1.82) is 0 Å². The summed E-state index contributed by atoms with van der Waals surface area (Å²) in [6.07, 6.45) is 0.826. The monoisotopic (exact) mass is 470 g/mol. The molecule has 4 rings (SSSR count). The Labute approximate surface area is 196 Å². The Morgan fingerprint density at radius 2 is 1.82 bits per heavy atom. The van der Waals surface area contributed by atoms with Gasteiger partial charge >= 0.3 is 0 Å². The zero-order valence-corrected chi connectivity index (χ0v) is 19.6. The molecule has 10 heteroatoms. The Hall–Kier alpha value is -3.40. The number of anilines is 2. The van der Waals surface area contributed by atoms with Gasteiger partial charge in [-0.25, -0.2) is 0 Å². The van der Waals surface area contributed by atoms with E-state index in [2.05, 4.69) is 15.5 Å². The van der Waals surface area contributed by atoms with Crippen LogP contribution < -0.4 is 29.8 Å². The van der Waals surface area contributed by atoms with E-state index in [1.165, 1.54) is 11.8 Å². The van der Waals surface area contributed by atoms with Crippen molar-refractivity contribution in [1.82, 2.24) is 14.8 Å². The van der Waals surface area contributed by atoms with Gasteiger partial charge in [-0.1, -0.05) is 17.8 Å². The number of hydrogen-bond donors (Lipinski definition) is 1. The van der Waals surface area contributed by atoms with E-state index >= 15 is 0 Å². The number of aromatic nitrogens is 3. The molecule has 9 nitrogen and oxygen atoms in total. The highest BCUT2D eigenvalue weighted by molar-refractivity contribution is 7.98. The SMILES string of the molecule is CCn1c(SCc2ccc(OC)c(OC)c2)nnc(Nc2ccc3c(c2)OCCCO3)c1=O. The number of nitrogens with one attached hydrogen (secondary N) is 1. The van der Waals surface area contributed by atoms with Crippen LogP contribution in [0, 0.1) is 0 Å². The summed E-state index contributed by atoms with van der Waals surface area (Å²) in [6, 6.07) is 11.2. The number of hydrogen-bond acceptors (Lipinski definition) is 9. The van der Waals surface area contributed by atoms with Crippen molar-refractivity contribution in [2.75, 3.05) is 32.8 Å². The van der Waals surface area contributed by atoms with Crippen LogP contribution in [-0.4, -0.2) is 42.2 Å². The van der Waals surface area contributed by atoms with Crippen molar-refractivity contribution >= 4 is 23.3 Å². The van der Waals surface area contributed by atoms with Crippen LogP contribution >= 0.6 is 11.8 Å². The molecule has 0 radical (unpaired) electrons. The van der Waals surface area contributed by atoms with Crippen LogP contribution in [0.5, 0.6) is 23.0 Å². The van der Waals surface area contributed by atoms with E-state index in [9.17, 15) is 4.79 Å². The van der Waals surface area contributed by atoms with Crippen molar-refractivity contribution in [2.24, 2.45) is 0 Å². The molecule has 0 fully saturated rings. The van der Waals surface area contributed by atoms with Crippen LogP contribution in [0.2, 0.25) is 0 Å². The van der Waals surface area contributed by atoms with Crippen molar-refractivity contribution in [3.63, 3.8) is 0 Å². The van der Waals surface area contributed by atoms with Crippen molar-refractivity contribution < 1.29 is 18.9 Å². The minimum absolute atomic E-state index is 0.154. The summed E-state index contributed by atoms with van der Waals surface area (Å²) in [6.45, 7) is 3.58. The highest BCUT2D eigenvalue weighted by atomic mass is 32.2. The minimum atomic E-state index is -0.241. The Balaban J connectivity index is 1.51. The molecule has 33 heavy (non-hydrogen) atoms. The van der Waals surface area contributed by atoms with Gasteiger partial charge in [-0.05, 0) is 36.8 Å². The Kier molecular flexibility index (Phi) is 7.23. The number of benzene rings is 2. The zero-order chi connectivity index (χ0) is 23.2. The van der Waals surface area contributed by atoms with Crippen molar-refractivity contribution in [3.8, 4) is 23.0 Å². The molecule has 0 aliphatic carbocycles. The first-order chi connectivity index (χ1) is 16.1. The molecule has 1 aliphatic heterocycles. The molecular weight excluding hydrogens is 444 g/mol. The number of methoxy groups -OCH3 is 2. The molecule has 0 amide bonds. The summed E-state index contributed by atoms with van der Waals surface area (Å²) < 4.78 is 23.6. The maximum atomic E-state index is 13.1. The lowest BCUT2D eigenvalue weighted by Crippen LogP contribution is -2.26. The van der Waals surface area contributed by atoms with E-state index in [1.54, 1.807) is 24.9 Å². The lowest BCUT2D eigenvalue weighted by atomic mass is 10.2. The summed E-state index contributed by atoms with van der Waals surface area (Å²) in [5, 5.41) is 12.1. The van der Waals surface area contributed by atoms with Crippen LogP contribution in [0.3, 0.4) is 0 Å².